The monoisotopic (exact) mass is 169 g/mol. The van der Waals surface area contributed by atoms with Crippen LogP contribution in [0.4, 0.5) is 0 Å². The highest BCUT2D eigenvalue weighted by Gasteiger charge is 2.34. The third-order valence-corrected chi connectivity index (χ3v) is 3.78. The Morgan fingerprint density at radius 2 is 1.83 bits per heavy atom. The van der Waals surface area contributed by atoms with Gasteiger partial charge in [-0.2, -0.15) is 0 Å². The second-order valence-electron chi connectivity index (χ2n) is 4.57. The predicted molar refractivity (Wildman–Crippen MR) is 54.4 cm³/mol. The maximum absolute atomic E-state index is 2.58. The molecule has 0 aliphatic heterocycles. The van der Waals surface area contributed by atoms with Crippen molar-refractivity contribution in [2.75, 3.05) is 7.05 Å². The van der Waals surface area contributed by atoms with Gasteiger partial charge >= 0.3 is 0 Å². The lowest BCUT2D eigenvalue weighted by Crippen LogP contribution is -2.46. The van der Waals surface area contributed by atoms with Gasteiger partial charge in [0.2, 0.25) is 0 Å². The van der Waals surface area contributed by atoms with E-state index in [1.54, 1.807) is 0 Å². The fourth-order valence-corrected chi connectivity index (χ4v) is 2.30. The lowest BCUT2D eigenvalue weighted by molar-refractivity contribution is 0.0970. The van der Waals surface area contributed by atoms with Crippen LogP contribution in [-0.4, -0.2) is 23.5 Å². The van der Waals surface area contributed by atoms with E-state index in [2.05, 4.69) is 32.7 Å². The highest BCUT2D eigenvalue weighted by Crippen LogP contribution is 2.35. The normalized spacial score (nSPS) is 24.8. The summed E-state index contributed by atoms with van der Waals surface area (Å²) in [6, 6.07) is 0.744. The second kappa shape index (κ2) is 3.78. The van der Waals surface area contributed by atoms with E-state index in [1.807, 2.05) is 0 Å². The lowest BCUT2D eigenvalue weighted by atomic mass is 9.96. The quantitative estimate of drug-likeness (QED) is 0.627. The molecule has 0 aromatic carbocycles. The summed E-state index contributed by atoms with van der Waals surface area (Å²) < 4.78 is 0. The Balaban J connectivity index is 2.54. The van der Waals surface area contributed by atoms with Crippen molar-refractivity contribution in [1.82, 2.24) is 4.90 Å². The van der Waals surface area contributed by atoms with Gasteiger partial charge in [0.05, 0.1) is 0 Å². The van der Waals surface area contributed by atoms with Gasteiger partial charge in [0, 0.05) is 11.6 Å². The summed E-state index contributed by atoms with van der Waals surface area (Å²) in [7, 11) is 2.29. The van der Waals surface area contributed by atoms with Crippen molar-refractivity contribution in [3.63, 3.8) is 0 Å². The molecule has 1 unspecified atom stereocenters. The average molecular weight is 169 g/mol. The van der Waals surface area contributed by atoms with Gasteiger partial charge < -0.3 is 0 Å². The van der Waals surface area contributed by atoms with Gasteiger partial charge in [-0.25, -0.2) is 0 Å². The molecule has 0 saturated heterocycles. The molecule has 12 heavy (non-hydrogen) atoms. The molecule has 0 bridgehead atoms. The number of rotatable bonds is 3. The predicted octanol–water partition coefficient (Wildman–Crippen LogP) is 3.05. The van der Waals surface area contributed by atoms with Crippen LogP contribution >= 0.6 is 0 Å². The van der Waals surface area contributed by atoms with Gasteiger partial charge in [0.1, 0.15) is 0 Å². The molecule has 72 valence electrons. The first kappa shape index (κ1) is 10.0. The lowest BCUT2D eigenvalue weighted by Gasteiger charge is -2.39. The van der Waals surface area contributed by atoms with Crippen molar-refractivity contribution in [3.8, 4) is 0 Å². The largest absolute Gasteiger partial charge is 0.298 e. The molecule has 1 aliphatic carbocycles. The van der Waals surface area contributed by atoms with Gasteiger partial charge in [0.15, 0.2) is 0 Å². The Bertz CT molecular complexity index is 136. The summed E-state index contributed by atoms with van der Waals surface area (Å²) in [5.41, 5.74) is 0.509. The average Bonchev–Trinajstić information content (AvgIpc) is 2.50. The molecule has 1 atom stereocenters. The van der Waals surface area contributed by atoms with E-state index < -0.39 is 0 Å². The zero-order valence-corrected chi connectivity index (χ0v) is 9.06. The van der Waals surface area contributed by atoms with Crippen molar-refractivity contribution in [3.05, 3.63) is 0 Å². The standard InChI is InChI=1S/C11H23N/c1-5-10(2)12(4)11(3)8-6-7-9-11/h10H,5-9H2,1-4H3. The molecule has 1 rings (SSSR count). The number of nitrogens with zero attached hydrogens (tertiary/aromatic N) is 1. The van der Waals surface area contributed by atoms with Crippen molar-refractivity contribution in [1.29, 1.82) is 0 Å². The molecule has 1 heteroatoms. The van der Waals surface area contributed by atoms with Gasteiger partial charge in [0.25, 0.3) is 0 Å². The summed E-state index contributed by atoms with van der Waals surface area (Å²) in [5.74, 6) is 0. The molecule has 1 saturated carbocycles. The Labute approximate surface area is 77.1 Å². The zero-order chi connectivity index (χ0) is 9.19. The first-order valence-electron chi connectivity index (χ1n) is 5.33. The summed E-state index contributed by atoms with van der Waals surface area (Å²) in [6.07, 6.45) is 6.92. The summed E-state index contributed by atoms with van der Waals surface area (Å²) in [4.78, 5) is 2.58. The van der Waals surface area contributed by atoms with Crippen molar-refractivity contribution < 1.29 is 0 Å². The molecule has 0 aromatic heterocycles. The van der Waals surface area contributed by atoms with Crippen LogP contribution in [-0.2, 0) is 0 Å². The Morgan fingerprint density at radius 3 is 2.25 bits per heavy atom. The molecule has 1 fully saturated rings. The molecule has 0 heterocycles. The van der Waals surface area contributed by atoms with Crippen LogP contribution in [0, 0.1) is 0 Å². The van der Waals surface area contributed by atoms with E-state index in [0.717, 1.165) is 6.04 Å². The Morgan fingerprint density at radius 1 is 1.33 bits per heavy atom. The topological polar surface area (TPSA) is 3.24 Å². The van der Waals surface area contributed by atoms with Crippen molar-refractivity contribution in [2.45, 2.75) is 64.5 Å². The molecule has 1 nitrogen and oxygen atoms in total. The van der Waals surface area contributed by atoms with E-state index in [1.165, 1.54) is 32.1 Å². The van der Waals surface area contributed by atoms with Crippen molar-refractivity contribution in [2.24, 2.45) is 0 Å². The minimum absolute atomic E-state index is 0.509. The first-order valence-corrected chi connectivity index (χ1v) is 5.33. The van der Waals surface area contributed by atoms with Gasteiger partial charge in [-0.3, -0.25) is 4.90 Å². The summed E-state index contributed by atoms with van der Waals surface area (Å²) >= 11 is 0. The van der Waals surface area contributed by atoms with Crippen LogP contribution in [0.3, 0.4) is 0 Å². The maximum atomic E-state index is 2.58. The van der Waals surface area contributed by atoms with E-state index in [0.29, 0.717) is 5.54 Å². The molecule has 0 N–H and O–H groups in total. The van der Waals surface area contributed by atoms with Gasteiger partial charge in [-0.05, 0) is 40.2 Å². The number of hydrogen-bond acceptors (Lipinski definition) is 1. The molecular weight excluding hydrogens is 146 g/mol. The minimum Gasteiger partial charge on any atom is -0.298 e. The minimum atomic E-state index is 0.509. The Hall–Kier alpha value is -0.0400. The zero-order valence-electron chi connectivity index (χ0n) is 9.06. The van der Waals surface area contributed by atoms with E-state index in [4.69, 9.17) is 0 Å². The molecule has 0 radical (unpaired) electrons. The Kier molecular flexibility index (Phi) is 3.16. The van der Waals surface area contributed by atoms with Crippen LogP contribution in [0.25, 0.3) is 0 Å². The van der Waals surface area contributed by atoms with Crippen molar-refractivity contribution >= 4 is 0 Å². The van der Waals surface area contributed by atoms with Crippen LogP contribution in [0.1, 0.15) is 52.9 Å². The highest BCUT2D eigenvalue weighted by molar-refractivity contribution is 4.90. The maximum Gasteiger partial charge on any atom is 0.0181 e. The first-order chi connectivity index (χ1) is 5.60. The SMILES string of the molecule is CCC(C)N(C)C1(C)CCCC1. The fourth-order valence-electron chi connectivity index (χ4n) is 2.30. The third-order valence-electron chi connectivity index (χ3n) is 3.78. The van der Waals surface area contributed by atoms with E-state index in [-0.39, 0.29) is 0 Å². The smallest absolute Gasteiger partial charge is 0.0181 e. The third kappa shape index (κ3) is 1.82. The molecular formula is C11H23N. The highest BCUT2D eigenvalue weighted by atomic mass is 15.2. The van der Waals surface area contributed by atoms with Crippen LogP contribution < -0.4 is 0 Å². The van der Waals surface area contributed by atoms with Gasteiger partial charge in [-0.1, -0.05) is 19.8 Å². The van der Waals surface area contributed by atoms with Crippen LogP contribution in [0.5, 0.6) is 0 Å². The molecule has 0 amide bonds. The molecule has 0 aromatic rings. The fraction of sp³-hybridized carbons (Fsp3) is 1.00. The van der Waals surface area contributed by atoms with E-state index >= 15 is 0 Å². The van der Waals surface area contributed by atoms with E-state index in [9.17, 15) is 0 Å². The molecule has 0 spiro atoms. The van der Waals surface area contributed by atoms with Gasteiger partial charge in [-0.15, -0.1) is 0 Å². The van der Waals surface area contributed by atoms with Crippen LogP contribution in [0.2, 0.25) is 0 Å². The molecule has 1 aliphatic rings. The van der Waals surface area contributed by atoms with Crippen LogP contribution in [0.15, 0.2) is 0 Å². The summed E-state index contributed by atoms with van der Waals surface area (Å²) in [5, 5.41) is 0. The second-order valence-corrected chi connectivity index (χ2v) is 4.57. The number of hydrogen-bond donors (Lipinski definition) is 0. The summed E-state index contributed by atoms with van der Waals surface area (Å²) in [6.45, 7) is 7.04.